The van der Waals surface area contributed by atoms with Crippen LogP contribution >= 0.6 is 11.6 Å². The second-order valence-electron chi connectivity index (χ2n) is 10.7. The fraction of sp³-hybridized carbons (Fsp3) is 0.310. The van der Waals surface area contributed by atoms with Gasteiger partial charge in [0.2, 0.25) is 0 Å². The van der Waals surface area contributed by atoms with Crippen LogP contribution in [0, 0.1) is 0 Å². The number of para-hydroxylation sites is 1. The summed E-state index contributed by atoms with van der Waals surface area (Å²) in [5.74, 6) is -0.566. The maximum absolute atomic E-state index is 12.7. The quantitative estimate of drug-likeness (QED) is 0.101. The predicted molar refractivity (Wildman–Crippen MR) is 157 cm³/mol. The van der Waals surface area contributed by atoms with Gasteiger partial charge in [0, 0.05) is 86.8 Å². The highest BCUT2D eigenvalue weighted by Gasteiger charge is 2.23. The van der Waals surface area contributed by atoms with E-state index in [1.54, 1.807) is 25.6 Å². The summed E-state index contributed by atoms with van der Waals surface area (Å²) in [6.45, 7) is 7.95. The molecule has 0 aliphatic rings. The minimum atomic E-state index is -1.23. The molecule has 0 aliphatic carbocycles. The number of rotatable bonds is 10. The zero-order valence-electron chi connectivity index (χ0n) is 23.1. The van der Waals surface area contributed by atoms with Crippen LogP contribution in [0.3, 0.4) is 0 Å². The number of nitrogens with zero attached hydrogens (tertiary/aromatic N) is 4. The van der Waals surface area contributed by atoms with Crippen molar-refractivity contribution in [1.82, 2.24) is 19.4 Å². The van der Waals surface area contributed by atoms with E-state index in [1.807, 2.05) is 35.0 Å². The van der Waals surface area contributed by atoms with E-state index in [4.69, 9.17) is 26.1 Å². The molecular weight excluding hydrogens is 532 g/mol. The Labute approximate surface area is 234 Å². The monoisotopic (exact) mass is 564 g/mol. The van der Waals surface area contributed by atoms with Gasteiger partial charge in [-0.15, -0.1) is 0 Å². The summed E-state index contributed by atoms with van der Waals surface area (Å²) in [7, 11) is 3.47. The second-order valence-corrected chi connectivity index (χ2v) is 16.7. The first-order chi connectivity index (χ1) is 18.5. The molecule has 3 heterocycles. The Bertz CT molecular complexity index is 1530. The van der Waals surface area contributed by atoms with Crippen molar-refractivity contribution in [3.8, 4) is 28.0 Å². The van der Waals surface area contributed by atoms with Gasteiger partial charge in [0.25, 0.3) is 11.7 Å². The van der Waals surface area contributed by atoms with Crippen LogP contribution in [0.2, 0.25) is 30.7 Å². The number of Topliss-reactive ketones (excluding diaryl/α,β-unsaturated/α-hetero) is 1. The normalized spacial score (nSPS) is 11.6. The third kappa shape index (κ3) is 6.21. The second kappa shape index (κ2) is 11.7. The van der Waals surface area contributed by atoms with Crippen molar-refractivity contribution in [3.05, 3.63) is 65.7 Å². The van der Waals surface area contributed by atoms with Gasteiger partial charge in [0.1, 0.15) is 18.1 Å². The van der Waals surface area contributed by atoms with Crippen molar-refractivity contribution < 1.29 is 19.1 Å². The largest absolute Gasteiger partial charge is 0.496 e. The average molecular weight is 565 g/mol. The molecule has 0 saturated carbocycles. The smallest absolute Gasteiger partial charge is 0.294 e. The molecule has 0 atom stereocenters. The number of aromatic nitrogens is 3. The summed E-state index contributed by atoms with van der Waals surface area (Å²) in [6, 6.07) is 10.4. The standard InChI is InChI=1S/C29H33ClN4O4Si/c1-33(2)29(36)27(35)20-13-19(14-31-15-20)22-16-32-28-25(26(22)30)23(21-9-7-8-10-24(21)37-3)17-34(28)18-38-11-12-39(4,5)6/h7-10,13-17H,11-12,18H2,1-6H3. The maximum atomic E-state index is 12.7. The van der Waals surface area contributed by atoms with Crippen LogP contribution in [0.25, 0.3) is 33.3 Å². The van der Waals surface area contributed by atoms with Gasteiger partial charge >= 0.3 is 0 Å². The third-order valence-corrected chi connectivity index (χ3v) is 8.45. The number of methoxy groups -OCH3 is 1. The Morgan fingerprint density at radius 2 is 1.79 bits per heavy atom. The van der Waals surface area contributed by atoms with Crippen molar-refractivity contribution in [2.45, 2.75) is 32.4 Å². The molecule has 1 aromatic carbocycles. The van der Waals surface area contributed by atoms with Crippen molar-refractivity contribution in [2.75, 3.05) is 27.8 Å². The number of halogens is 1. The van der Waals surface area contributed by atoms with Crippen LogP contribution < -0.4 is 4.74 Å². The van der Waals surface area contributed by atoms with Crippen LogP contribution in [-0.4, -0.2) is 67.0 Å². The van der Waals surface area contributed by atoms with E-state index < -0.39 is 19.8 Å². The Balaban J connectivity index is 1.83. The number of hydrogen-bond acceptors (Lipinski definition) is 6. The number of pyridine rings is 2. The molecule has 0 bridgehead atoms. The van der Waals surface area contributed by atoms with Gasteiger partial charge in [-0.25, -0.2) is 4.98 Å². The van der Waals surface area contributed by atoms with E-state index in [-0.39, 0.29) is 5.56 Å². The van der Waals surface area contributed by atoms with Gasteiger partial charge in [-0.3, -0.25) is 14.6 Å². The zero-order valence-corrected chi connectivity index (χ0v) is 24.9. The van der Waals surface area contributed by atoms with Gasteiger partial charge in [-0.1, -0.05) is 49.4 Å². The molecule has 1 amide bonds. The topological polar surface area (TPSA) is 86.5 Å². The first kappa shape index (κ1) is 28.5. The molecule has 8 nitrogen and oxygen atoms in total. The summed E-state index contributed by atoms with van der Waals surface area (Å²) >= 11 is 7.09. The fourth-order valence-electron chi connectivity index (χ4n) is 4.17. The Kier molecular flexibility index (Phi) is 8.53. The van der Waals surface area contributed by atoms with E-state index in [0.29, 0.717) is 40.9 Å². The summed E-state index contributed by atoms with van der Waals surface area (Å²) in [5.41, 5.74) is 3.74. The van der Waals surface area contributed by atoms with E-state index >= 15 is 0 Å². The highest BCUT2D eigenvalue weighted by atomic mass is 35.5. The van der Waals surface area contributed by atoms with Crippen LogP contribution in [0.5, 0.6) is 5.75 Å². The zero-order chi connectivity index (χ0) is 28.3. The van der Waals surface area contributed by atoms with Crippen molar-refractivity contribution >= 4 is 42.4 Å². The molecule has 0 saturated heterocycles. The lowest BCUT2D eigenvalue weighted by molar-refractivity contribution is -0.124. The summed E-state index contributed by atoms with van der Waals surface area (Å²) in [6.07, 6.45) is 6.62. The molecule has 10 heteroatoms. The molecule has 0 spiro atoms. The molecule has 4 aromatic rings. The number of hydrogen-bond donors (Lipinski definition) is 0. The molecule has 0 N–H and O–H groups in total. The lowest BCUT2D eigenvalue weighted by Gasteiger charge is -2.15. The Hall–Kier alpha value is -3.53. The minimum absolute atomic E-state index is 0.181. The number of carbonyl (C=O) groups is 2. The van der Waals surface area contributed by atoms with E-state index in [9.17, 15) is 9.59 Å². The molecule has 0 fully saturated rings. The van der Waals surface area contributed by atoms with Crippen LogP contribution in [-0.2, 0) is 16.3 Å². The maximum Gasteiger partial charge on any atom is 0.294 e. The SMILES string of the molecule is COc1ccccc1-c1cn(COCC[Si](C)(C)C)c2ncc(-c3cncc(C(=O)C(=O)N(C)C)c3)c(Cl)c12. The third-order valence-electron chi connectivity index (χ3n) is 6.36. The first-order valence-corrected chi connectivity index (χ1v) is 16.7. The highest BCUT2D eigenvalue weighted by Crippen LogP contribution is 2.42. The summed E-state index contributed by atoms with van der Waals surface area (Å²) < 4.78 is 13.6. The van der Waals surface area contributed by atoms with Gasteiger partial charge < -0.3 is 18.9 Å². The summed E-state index contributed by atoms with van der Waals surface area (Å²) in [4.78, 5) is 35.1. The number of carbonyl (C=O) groups excluding carboxylic acids is 2. The van der Waals surface area contributed by atoms with Gasteiger partial charge in [0.05, 0.1) is 12.1 Å². The van der Waals surface area contributed by atoms with Gasteiger partial charge in [-0.2, -0.15) is 0 Å². The highest BCUT2D eigenvalue weighted by molar-refractivity contribution is 6.76. The first-order valence-electron chi connectivity index (χ1n) is 12.6. The summed E-state index contributed by atoms with van der Waals surface area (Å²) in [5, 5.41) is 1.18. The molecule has 4 rings (SSSR count). The number of ether oxygens (including phenoxy) is 2. The molecule has 0 radical (unpaired) electrons. The van der Waals surface area contributed by atoms with Crippen molar-refractivity contribution in [2.24, 2.45) is 0 Å². The lowest BCUT2D eigenvalue weighted by atomic mass is 10.0. The van der Waals surface area contributed by atoms with E-state index in [0.717, 1.165) is 22.6 Å². The Morgan fingerprint density at radius 3 is 2.49 bits per heavy atom. The number of ketones is 1. The minimum Gasteiger partial charge on any atom is -0.496 e. The van der Waals surface area contributed by atoms with E-state index in [1.165, 1.54) is 25.2 Å². The van der Waals surface area contributed by atoms with Gasteiger partial charge in [-0.05, 0) is 18.2 Å². The molecule has 39 heavy (non-hydrogen) atoms. The van der Waals surface area contributed by atoms with Crippen LogP contribution in [0.4, 0.5) is 0 Å². The predicted octanol–water partition coefficient (Wildman–Crippen LogP) is 6.01. The molecule has 3 aromatic heterocycles. The van der Waals surface area contributed by atoms with E-state index in [2.05, 4.69) is 24.6 Å². The fourth-order valence-corrected chi connectivity index (χ4v) is 5.27. The van der Waals surface area contributed by atoms with Crippen LogP contribution in [0.15, 0.2) is 55.1 Å². The lowest BCUT2D eigenvalue weighted by Crippen LogP contribution is -2.29. The van der Waals surface area contributed by atoms with Crippen LogP contribution in [0.1, 0.15) is 10.4 Å². The molecule has 204 valence electrons. The number of benzene rings is 1. The number of likely N-dealkylation sites (N-methyl/N-ethyl adjacent to an activating group) is 1. The molecule has 0 aliphatic heterocycles. The number of fused-ring (bicyclic) bond motifs is 1. The van der Waals surface area contributed by atoms with Gasteiger partial charge in [0.15, 0.2) is 0 Å². The van der Waals surface area contributed by atoms with Crippen molar-refractivity contribution in [1.29, 1.82) is 0 Å². The molecular formula is C29H33ClN4O4Si. The Morgan fingerprint density at radius 1 is 1.05 bits per heavy atom. The average Bonchev–Trinajstić information content (AvgIpc) is 3.29. The molecule has 0 unspecified atom stereocenters. The number of amides is 1. The van der Waals surface area contributed by atoms with Crippen molar-refractivity contribution in [3.63, 3.8) is 0 Å².